The van der Waals surface area contributed by atoms with Gasteiger partial charge in [0.1, 0.15) is 18.2 Å². The van der Waals surface area contributed by atoms with Gasteiger partial charge in [-0.05, 0) is 30.0 Å². The van der Waals surface area contributed by atoms with E-state index in [2.05, 4.69) is 48.7 Å². The molecule has 2 rings (SSSR count). The van der Waals surface area contributed by atoms with Crippen LogP contribution in [0, 0.1) is 17.3 Å². The first-order valence-electron chi connectivity index (χ1n) is 11.4. The second-order valence-electron chi connectivity index (χ2n) is 9.85. The van der Waals surface area contributed by atoms with Gasteiger partial charge < -0.3 is 30.0 Å². The van der Waals surface area contributed by atoms with Crippen molar-refractivity contribution in [2.45, 2.75) is 59.7 Å². The minimum Gasteiger partial charge on any atom is -0.472 e. The van der Waals surface area contributed by atoms with E-state index in [4.69, 9.17) is 4.74 Å². The minimum absolute atomic E-state index is 0.198. The molecule has 0 radical (unpaired) electrons. The van der Waals surface area contributed by atoms with Gasteiger partial charge in [-0.1, -0.05) is 47.1 Å². The van der Waals surface area contributed by atoms with Crippen LogP contribution in [-0.4, -0.2) is 55.4 Å². The molecule has 0 saturated heterocycles. The predicted molar refractivity (Wildman–Crippen MR) is 128 cm³/mol. The van der Waals surface area contributed by atoms with E-state index in [1.54, 1.807) is 13.2 Å². The van der Waals surface area contributed by atoms with Gasteiger partial charge in [0, 0.05) is 50.6 Å². The zero-order valence-electron chi connectivity index (χ0n) is 20.8. The molecule has 0 saturated carbocycles. The van der Waals surface area contributed by atoms with Gasteiger partial charge in [-0.25, -0.2) is 0 Å². The molecule has 0 aliphatic carbocycles. The molecule has 2 N–H and O–H groups in total. The van der Waals surface area contributed by atoms with Crippen molar-refractivity contribution in [1.29, 1.82) is 0 Å². The second-order valence-corrected chi connectivity index (χ2v) is 9.85. The molecule has 0 aromatic rings. The van der Waals surface area contributed by atoms with Crippen molar-refractivity contribution in [3.05, 3.63) is 47.8 Å². The van der Waals surface area contributed by atoms with E-state index in [0.29, 0.717) is 23.7 Å². The van der Waals surface area contributed by atoms with E-state index in [9.17, 15) is 9.59 Å². The average molecular weight is 445 g/mol. The first-order valence-corrected chi connectivity index (χ1v) is 11.4. The zero-order valence-corrected chi connectivity index (χ0v) is 20.8. The lowest BCUT2D eigenvalue weighted by Gasteiger charge is -2.34. The SMILES string of the molecule is CCC(C)C1C=C(C2OC=C(C(=O)N/C(=C/NC)CC(C=O)C(C)(C)C)N2C)C=CN1C. The quantitative estimate of drug-likeness (QED) is 0.532. The molecule has 4 atom stereocenters. The van der Waals surface area contributed by atoms with Gasteiger partial charge in [-0.15, -0.1) is 0 Å². The number of rotatable bonds is 9. The lowest BCUT2D eigenvalue weighted by atomic mass is 9.79. The maximum absolute atomic E-state index is 13.1. The third-order valence-corrected chi connectivity index (χ3v) is 6.43. The van der Waals surface area contributed by atoms with Crippen LogP contribution in [0.5, 0.6) is 0 Å². The van der Waals surface area contributed by atoms with Gasteiger partial charge in [-0.2, -0.15) is 0 Å². The summed E-state index contributed by atoms with van der Waals surface area (Å²) in [4.78, 5) is 28.7. The molecule has 32 heavy (non-hydrogen) atoms. The average Bonchev–Trinajstić information content (AvgIpc) is 3.12. The first kappa shape index (κ1) is 25.6. The van der Waals surface area contributed by atoms with Crippen molar-refractivity contribution < 1.29 is 14.3 Å². The number of nitrogens with one attached hydrogen (secondary N) is 2. The Bertz CT molecular complexity index is 806. The predicted octanol–water partition coefficient (Wildman–Crippen LogP) is 3.34. The Hall–Kier alpha value is -2.70. The summed E-state index contributed by atoms with van der Waals surface area (Å²) < 4.78 is 5.91. The lowest BCUT2D eigenvalue weighted by molar-refractivity contribution is -0.119. The lowest BCUT2D eigenvalue weighted by Crippen LogP contribution is -2.39. The summed E-state index contributed by atoms with van der Waals surface area (Å²) in [5.74, 6) is 0.0324. The summed E-state index contributed by atoms with van der Waals surface area (Å²) >= 11 is 0. The Balaban J connectivity index is 2.11. The van der Waals surface area contributed by atoms with E-state index in [0.717, 1.165) is 18.3 Å². The van der Waals surface area contributed by atoms with E-state index in [1.807, 2.05) is 38.8 Å². The number of allylic oxidation sites excluding steroid dienone is 1. The van der Waals surface area contributed by atoms with Crippen LogP contribution in [0.4, 0.5) is 0 Å². The summed E-state index contributed by atoms with van der Waals surface area (Å²) in [5, 5.41) is 5.92. The molecule has 2 heterocycles. The molecule has 0 aromatic carbocycles. The topological polar surface area (TPSA) is 73.9 Å². The minimum atomic E-state index is -0.346. The first-order chi connectivity index (χ1) is 15.0. The number of hydrogen-bond acceptors (Lipinski definition) is 6. The molecule has 0 aromatic heterocycles. The van der Waals surface area contributed by atoms with Crippen molar-refractivity contribution in [3.63, 3.8) is 0 Å². The molecule has 0 spiro atoms. The van der Waals surface area contributed by atoms with E-state index in [-0.39, 0.29) is 29.5 Å². The van der Waals surface area contributed by atoms with Crippen LogP contribution in [-0.2, 0) is 14.3 Å². The Kier molecular flexibility index (Phi) is 8.58. The van der Waals surface area contributed by atoms with Crippen molar-refractivity contribution >= 4 is 12.2 Å². The van der Waals surface area contributed by atoms with Crippen molar-refractivity contribution in [1.82, 2.24) is 20.4 Å². The molecule has 2 aliphatic heterocycles. The van der Waals surface area contributed by atoms with Gasteiger partial charge in [0.15, 0.2) is 6.23 Å². The summed E-state index contributed by atoms with van der Waals surface area (Å²) in [6.07, 6.45) is 11.7. The smallest absolute Gasteiger partial charge is 0.275 e. The highest BCUT2D eigenvalue weighted by molar-refractivity contribution is 5.94. The maximum atomic E-state index is 13.1. The van der Waals surface area contributed by atoms with Crippen molar-refractivity contribution in [2.24, 2.45) is 17.3 Å². The second kappa shape index (κ2) is 10.7. The standard InChI is InChI=1S/C25H40N4O3/c1-9-17(2)21-12-18(10-11-28(21)7)24-29(8)22(16-32-24)23(31)27-20(14-26-6)13-19(15-30)25(3,4)5/h10-12,14-17,19,21,24,26H,9,13H2,1-8H3,(H,27,31)/b20-14+. The van der Waals surface area contributed by atoms with Crippen LogP contribution in [0.25, 0.3) is 0 Å². The van der Waals surface area contributed by atoms with E-state index >= 15 is 0 Å². The fraction of sp³-hybridized carbons (Fsp3) is 0.600. The highest BCUT2D eigenvalue weighted by atomic mass is 16.5. The number of amides is 1. The van der Waals surface area contributed by atoms with Gasteiger partial charge in [0.2, 0.25) is 0 Å². The zero-order chi connectivity index (χ0) is 24.1. The number of carbonyl (C=O) groups excluding carboxylic acids is 2. The van der Waals surface area contributed by atoms with Gasteiger partial charge in [0.05, 0.1) is 0 Å². The number of aldehydes is 1. The van der Waals surface area contributed by atoms with E-state index in [1.165, 1.54) is 6.26 Å². The Morgan fingerprint density at radius 3 is 2.56 bits per heavy atom. The van der Waals surface area contributed by atoms with Crippen LogP contribution in [0.1, 0.15) is 47.5 Å². The number of ether oxygens (including phenoxy) is 1. The summed E-state index contributed by atoms with van der Waals surface area (Å²) in [7, 11) is 5.71. The third kappa shape index (κ3) is 5.96. The van der Waals surface area contributed by atoms with Crippen LogP contribution >= 0.6 is 0 Å². The molecule has 0 fully saturated rings. The number of nitrogens with zero attached hydrogens (tertiary/aromatic N) is 2. The normalized spacial score (nSPS) is 23.2. The fourth-order valence-corrected chi connectivity index (χ4v) is 3.92. The molecule has 7 heteroatoms. The number of hydrogen-bond donors (Lipinski definition) is 2. The molecule has 1 amide bonds. The highest BCUT2D eigenvalue weighted by Crippen LogP contribution is 2.31. The Labute approximate surface area is 193 Å². The van der Waals surface area contributed by atoms with Crippen LogP contribution in [0.3, 0.4) is 0 Å². The van der Waals surface area contributed by atoms with Crippen LogP contribution in [0.15, 0.2) is 47.8 Å². The summed E-state index contributed by atoms with van der Waals surface area (Å²) in [6.45, 7) is 10.5. The van der Waals surface area contributed by atoms with Crippen molar-refractivity contribution in [2.75, 3.05) is 21.1 Å². The van der Waals surface area contributed by atoms with Crippen molar-refractivity contribution in [3.8, 4) is 0 Å². The fourth-order valence-electron chi connectivity index (χ4n) is 3.92. The molecular weight excluding hydrogens is 404 g/mol. The van der Waals surface area contributed by atoms with Crippen LogP contribution < -0.4 is 10.6 Å². The number of carbonyl (C=O) groups is 2. The molecular formula is C25H40N4O3. The van der Waals surface area contributed by atoms with Gasteiger partial charge in [0.25, 0.3) is 5.91 Å². The Morgan fingerprint density at radius 1 is 1.31 bits per heavy atom. The third-order valence-electron chi connectivity index (χ3n) is 6.43. The van der Waals surface area contributed by atoms with Crippen LogP contribution in [0.2, 0.25) is 0 Å². The Morgan fingerprint density at radius 2 is 2.00 bits per heavy atom. The largest absolute Gasteiger partial charge is 0.472 e. The summed E-state index contributed by atoms with van der Waals surface area (Å²) in [6, 6.07) is 0.290. The molecule has 178 valence electrons. The number of likely N-dealkylation sites (N-methyl/N-ethyl adjacent to an activating group) is 2. The van der Waals surface area contributed by atoms with Gasteiger partial charge >= 0.3 is 0 Å². The van der Waals surface area contributed by atoms with E-state index < -0.39 is 0 Å². The highest BCUT2D eigenvalue weighted by Gasteiger charge is 2.34. The molecule has 7 nitrogen and oxygen atoms in total. The van der Waals surface area contributed by atoms with Gasteiger partial charge in [-0.3, -0.25) is 4.79 Å². The molecule has 2 aliphatic rings. The molecule has 0 bridgehead atoms. The maximum Gasteiger partial charge on any atom is 0.275 e. The monoisotopic (exact) mass is 444 g/mol. The molecule has 4 unspecified atom stereocenters. The summed E-state index contributed by atoms with van der Waals surface area (Å²) in [5.41, 5.74) is 1.95.